The van der Waals surface area contributed by atoms with Gasteiger partial charge in [0.05, 0.1) is 33.8 Å². The van der Waals surface area contributed by atoms with Crippen LogP contribution in [0.3, 0.4) is 0 Å². The number of amides is 1. The molecule has 0 radical (unpaired) electrons. The number of hydrogen-bond donors (Lipinski definition) is 2. The first kappa shape index (κ1) is 74.9. The van der Waals surface area contributed by atoms with Crippen LogP contribution in [0.1, 0.15) is 271 Å². The topological polar surface area (TPSA) is 111 Å². The van der Waals surface area contributed by atoms with E-state index in [1.54, 1.807) is 0 Å². The van der Waals surface area contributed by atoms with Crippen molar-refractivity contribution in [2.24, 2.45) is 0 Å². The Kier molecular flexibility index (Phi) is 54.9. The van der Waals surface area contributed by atoms with E-state index in [-0.39, 0.29) is 31.5 Å². The summed E-state index contributed by atoms with van der Waals surface area (Å²) < 4.78 is 30.7. The van der Waals surface area contributed by atoms with Gasteiger partial charge < -0.3 is 19.4 Å². The predicted molar refractivity (Wildman–Crippen MR) is 337 cm³/mol. The molecular weight excluding hydrogens is 988 g/mol. The van der Waals surface area contributed by atoms with Gasteiger partial charge >= 0.3 is 13.8 Å². The van der Waals surface area contributed by atoms with Gasteiger partial charge in [-0.3, -0.25) is 18.6 Å². The molecule has 0 fully saturated rings. The number of ether oxygens (including phenoxy) is 1. The molecule has 0 aromatic rings. The molecule has 0 rings (SSSR count). The Hall–Kier alpha value is -3.07. The van der Waals surface area contributed by atoms with Crippen LogP contribution in [0, 0.1) is 0 Å². The summed E-state index contributed by atoms with van der Waals surface area (Å²) in [5, 5.41) is 3.04. The van der Waals surface area contributed by atoms with Crippen LogP contribution in [-0.2, 0) is 27.9 Å². The fourth-order valence-electron chi connectivity index (χ4n) is 8.83. The number of esters is 1. The lowest BCUT2D eigenvalue weighted by Gasteiger charge is -2.27. The lowest BCUT2D eigenvalue weighted by atomic mass is 10.0. The minimum Gasteiger partial charge on any atom is -0.456 e. The normalized spacial score (nSPS) is 14.3. The fourth-order valence-corrected chi connectivity index (χ4v) is 9.57. The first-order chi connectivity index (χ1) is 37.9. The summed E-state index contributed by atoms with van der Waals surface area (Å²) in [6.45, 7) is 6.84. The van der Waals surface area contributed by atoms with E-state index in [4.69, 9.17) is 13.8 Å². The minimum atomic E-state index is -4.47. The number of rotatable bonds is 57. The summed E-state index contributed by atoms with van der Waals surface area (Å²) in [5.41, 5.74) is 0. The monoisotopic (exact) mass is 1110 g/mol. The SMILES string of the molecule is CC/C=C\C/C=C\C/C=C\C/C=C\C/C=C\CCCC(=O)OC(/C=C\CCCCCCCCCCCC)C(COP(=O)(O)OCC[N+](C)(C)C)NC(=O)CCCCCCCCCCCCCCC/C=C\C/C=C\CCCCC. The first-order valence-corrected chi connectivity index (χ1v) is 33.6. The summed E-state index contributed by atoms with van der Waals surface area (Å²) >= 11 is 0. The Bertz CT molecular complexity index is 1660. The van der Waals surface area contributed by atoms with Gasteiger partial charge in [-0.2, -0.15) is 0 Å². The van der Waals surface area contributed by atoms with Crippen molar-refractivity contribution in [3.63, 3.8) is 0 Å². The Labute approximate surface area is 481 Å². The lowest BCUT2D eigenvalue weighted by Crippen LogP contribution is -2.47. The van der Waals surface area contributed by atoms with Crippen molar-refractivity contribution in [3.05, 3.63) is 97.2 Å². The van der Waals surface area contributed by atoms with E-state index in [1.165, 1.54) is 148 Å². The number of quaternary nitrogens is 1. The quantitative estimate of drug-likeness (QED) is 0.0205. The third-order valence-electron chi connectivity index (χ3n) is 13.8. The zero-order valence-electron chi connectivity index (χ0n) is 51.4. The lowest BCUT2D eigenvalue weighted by molar-refractivity contribution is -0.870. The maximum atomic E-state index is 13.6. The molecule has 2 N–H and O–H groups in total. The van der Waals surface area contributed by atoms with Crippen molar-refractivity contribution >= 4 is 19.7 Å². The number of phosphoric acid groups is 1. The van der Waals surface area contributed by atoms with Crippen molar-refractivity contribution in [2.75, 3.05) is 40.9 Å². The van der Waals surface area contributed by atoms with Gasteiger partial charge in [0, 0.05) is 12.8 Å². The van der Waals surface area contributed by atoms with E-state index in [9.17, 15) is 19.0 Å². The third-order valence-corrected chi connectivity index (χ3v) is 14.7. The van der Waals surface area contributed by atoms with Crippen LogP contribution in [0.2, 0.25) is 0 Å². The molecule has 10 heteroatoms. The second-order valence-electron chi connectivity index (χ2n) is 22.5. The number of phosphoric ester groups is 1. The highest BCUT2D eigenvalue weighted by atomic mass is 31.2. The van der Waals surface area contributed by atoms with Crippen molar-refractivity contribution in [1.82, 2.24) is 5.32 Å². The van der Waals surface area contributed by atoms with Gasteiger partial charge in [0.2, 0.25) is 5.91 Å². The van der Waals surface area contributed by atoms with Crippen molar-refractivity contribution in [1.29, 1.82) is 0 Å². The molecular formula is C68H122N2O7P+. The van der Waals surface area contributed by atoms with Gasteiger partial charge in [0.25, 0.3) is 0 Å². The summed E-state index contributed by atoms with van der Waals surface area (Å²) in [4.78, 5) is 37.7. The van der Waals surface area contributed by atoms with Gasteiger partial charge in [0.15, 0.2) is 0 Å². The van der Waals surface area contributed by atoms with E-state index < -0.39 is 20.0 Å². The van der Waals surface area contributed by atoms with Crippen LogP contribution in [0.4, 0.5) is 0 Å². The Morgan fingerprint density at radius 2 is 0.833 bits per heavy atom. The number of allylic oxidation sites excluding steroid dienone is 15. The second kappa shape index (κ2) is 57.2. The number of carbonyl (C=O) groups excluding carboxylic acids is 2. The summed E-state index contributed by atoms with van der Waals surface area (Å²) in [5.74, 6) is -0.574. The van der Waals surface area contributed by atoms with E-state index in [1.807, 2.05) is 33.3 Å². The number of nitrogens with zero attached hydrogens (tertiary/aromatic N) is 1. The maximum Gasteiger partial charge on any atom is 0.472 e. The third kappa shape index (κ3) is 57.6. The largest absolute Gasteiger partial charge is 0.472 e. The second-order valence-corrected chi connectivity index (χ2v) is 24.0. The molecule has 1 amide bonds. The summed E-state index contributed by atoms with van der Waals surface area (Å²) in [7, 11) is 1.46. The number of unbranched alkanes of at least 4 members (excludes halogenated alkanes) is 27. The Balaban J connectivity index is 5.24. The molecule has 0 aliphatic heterocycles. The molecule has 3 unspecified atom stereocenters. The minimum absolute atomic E-state index is 0.0277. The molecule has 0 aromatic carbocycles. The molecule has 0 heterocycles. The van der Waals surface area contributed by atoms with E-state index in [0.29, 0.717) is 23.9 Å². The Morgan fingerprint density at radius 3 is 1.28 bits per heavy atom. The average Bonchev–Trinajstić information content (AvgIpc) is 3.40. The van der Waals surface area contributed by atoms with E-state index in [2.05, 4.69) is 111 Å². The number of carbonyl (C=O) groups is 2. The molecule has 0 aliphatic rings. The highest BCUT2D eigenvalue weighted by Gasteiger charge is 2.30. The maximum absolute atomic E-state index is 13.6. The van der Waals surface area contributed by atoms with Crippen LogP contribution in [0.25, 0.3) is 0 Å². The molecule has 0 aromatic heterocycles. The van der Waals surface area contributed by atoms with Gasteiger partial charge in [-0.25, -0.2) is 4.57 Å². The smallest absolute Gasteiger partial charge is 0.456 e. The highest BCUT2D eigenvalue weighted by molar-refractivity contribution is 7.47. The molecule has 0 saturated heterocycles. The van der Waals surface area contributed by atoms with Gasteiger partial charge in [-0.15, -0.1) is 0 Å². The van der Waals surface area contributed by atoms with E-state index in [0.717, 1.165) is 83.5 Å². The predicted octanol–water partition coefficient (Wildman–Crippen LogP) is 19.9. The average molecular weight is 1110 g/mol. The van der Waals surface area contributed by atoms with Crippen molar-refractivity contribution in [2.45, 2.75) is 283 Å². The van der Waals surface area contributed by atoms with Gasteiger partial charge in [0.1, 0.15) is 19.3 Å². The van der Waals surface area contributed by atoms with Crippen LogP contribution in [0.15, 0.2) is 97.2 Å². The molecule has 0 bridgehead atoms. The number of nitrogens with one attached hydrogen (secondary N) is 1. The molecule has 3 atom stereocenters. The van der Waals surface area contributed by atoms with Crippen LogP contribution >= 0.6 is 7.82 Å². The van der Waals surface area contributed by atoms with Crippen LogP contribution < -0.4 is 5.32 Å². The summed E-state index contributed by atoms with van der Waals surface area (Å²) in [6, 6.07) is -0.876. The zero-order chi connectivity index (χ0) is 57.2. The number of likely N-dealkylation sites (N-methyl/N-ethyl adjacent to an activating group) is 1. The van der Waals surface area contributed by atoms with E-state index >= 15 is 0 Å². The van der Waals surface area contributed by atoms with Crippen molar-refractivity contribution < 1.29 is 37.3 Å². The van der Waals surface area contributed by atoms with Crippen molar-refractivity contribution in [3.8, 4) is 0 Å². The fraction of sp³-hybridized carbons (Fsp3) is 0.735. The molecule has 0 saturated carbocycles. The summed E-state index contributed by atoms with van der Waals surface area (Å²) in [6.07, 6.45) is 77.0. The van der Waals surface area contributed by atoms with Crippen LogP contribution in [-0.4, -0.2) is 74.3 Å². The van der Waals surface area contributed by atoms with Gasteiger partial charge in [-0.05, 0) is 102 Å². The molecule has 0 spiro atoms. The zero-order valence-corrected chi connectivity index (χ0v) is 52.3. The highest BCUT2D eigenvalue weighted by Crippen LogP contribution is 2.43. The molecule has 78 heavy (non-hydrogen) atoms. The molecule has 450 valence electrons. The molecule has 0 aliphatic carbocycles. The first-order valence-electron chi connectivity index (χ1n) is 32.1. The van der Waals surface area contributed by atoms with Gasteiger partial charge in [-0.1, -0.05) is 253 Å². The van der Waals surface area contributed by atoms with Crippen LogP contribution in [0.5, 0.6) is 0 Å². The Morgan fingerprint density at radius 1 is 0.462 bits per heavy atom. The number of hydrogen-bond acceptors (Lipinski definition) is 6. The molecule has 9 nitrogen and oxygen atoms in total. The standard InChI is InChI=1S/C68H121N2O7P/c1-7-10-13-16-19-22-25-28-30-32-33-34-35-36-37-39-40-42-45-48-51-54-57-60-67(71)69-65(64-76-78(73,74)75-63-62-70(4,5)6)66(59-56-53-50-47-44-27-24-21-18-15-12-9-3)77-68(72)61-58-55-52-49-46-43-41-38-31-29-26-23-20-17-14-11-8-2/h11,14,19-20,22-23,28-31,41,43,49,52,56,59,65-66H,7-10,12-13,15-18,21,24-27,32-40,42,44-48,50-51,53-55,57-58,60-64H2,1-6H3,(H-,69,71,73,74)/p+1/b14-11-,22-19-,23-20-,30-28-,31-29-,43-41-,52-49-,59-56-.